The molecule has 104 valence electrons. The molecule has 0 aliphatic heterocycles. The molecule has 0 saturated carbocycles. The van der Waals surface area contributed by atoms with Crippen LogP contribution in [0.5, 0.6) is 0 Å². The summed E-state index contributed by atoms with van der Waals surface area (Å²) >= 11 is 0. The summed E-state index contributed by atoms with van der Waals surface area (Å²) in [5.74, 6) is 2.31. The van der Waals surface area contributed by atoms with Crippen molar-refractivity contribution in [1.82, 2.24) is 10.2 Å². The van der Waals surface area contributed by atoms with Crippen LogP contribution >= 0.6 is 0 Å². The molecule has 5 heteroatoms. The molecule has 0 heterocycles. The molecule has 1 N–H and O–H groups in total. The molecular weight excluding hydrogens is 232 g/mol. The van der Waals surface area contributed by atoms with Gasteiger partial charge in [-0.3, -0.25) is 9.69 Å². The zero-order chi connectivity index (χ0) is 13.6. The van der Waals surface area contributed by atoms with E-state index in [0.717, 1.165) is 0 Å². The van der Waals surface area contributed by atoms with Gasteiger partial charge in [0.2, 0.25) is 5.91 Å². The van der Waals surface area contributed by atoms with Gasteiger partial charge in [-0.05, 0) is 13.8 Å². The molecule has 0 unspecified atom stereocenters. The molecule has 0 spiro atoms. The van der Waals surface area contributed by atoms with Gasteiger partial charge in [0.05, 0.1) is 26.3 Å². The number of carbonyl (C=O) groups excluding carboxylic acids is 1. The summed E-state index contributed by atoms with van der Waals surface area (Å²) in [4.78, 5) is 13.5. The highest BCUT2D eigenvalue weighted by molar-refractivity contribution is 5.78. The Balaban J connectivity index is 3.94. The van der Waals surface area contributed by atoms with E-state index in [2.05, 4.69) is 11.2 Å². The van der Waals surface area contributed by atoms with Gasteiger partial charge in [0, 0.05) is 26.3 Å². The first-order valence-corrected chi connectivity index (χ1v) is 6.32. The van der Waals surface area contributed by atoms with Crippen LogP contribution in [0.2, 0.25) is 0 Å². The second-order valence-corrected chi connectivity index (χ2v) is 3.65. The fourth-order valence-corrected chi connectivity index (χ4v) is 1.35. The fraction of sp³-hybridized carbons (Fsp3) is 0.769. The quantitative estimate of drug-likeness (QED) is 0.421. The molecule has 0 bridgehead atoms. The third-order valence-corrected chi connectivity index (χ3v) is 2.27. The molecule has 0 aliphatic rings. The standard InChI is InChI=1S/C13H24N2O3/c1-4-7-14-13(16)12-15(8-10-17-5-2)9-11-18-6-3/h1H,5-12H2,2-3H3,(H,14,16). The monoisotopic (exact) mass is 256 g/mol. The van der Waals surface area contributed by atoms with E-state index >= 15 is 0 Å². The normalized spacial score (nSPS) is 10.3. The lowest BCUT2D eigenvalue weighted by Crippen LogP contribution is -2.40. The summed E-state index contributed by atoms with van der Waals surface area (Å²) < 4.78 is 10.6. The summed E-state index contributed by atoms with van der Waals surface area (Å²) in [7, 11) is 0. The van der Waals surface area contributed by atoms with Crippen LogP contribution in [-0.2, 0) is 14.3 Å². The number of carbonyl (C=O) groups is 1. The molecule has 0 aliphatic carbocycles. The van der Waals surface area contributed by atoms with E-state index in [4.69, 9.17) is 15.9 Å². The Morgan fingerprint density at radius 1 is 1.22 bits per heavy atom. The van der Waals surface area contributed by atoms with Crippen molar-refractivity contribution in [3.05, 3.63) is 0 Å². The van der Waals surface area contributed by atoms with E-state index < -0.39 is 0 Å². The van der Waals surface area contributed by atoms with E-state index in [-0.39, 0.29) is 12.5 Å². The van der Waals surface area contributed by atoms with Gasteiger partial charge in [-0.25, -0.2) is 0 Å². The zero-order valence-corrected chi connectivity index (χ0v) is 11.4. The second-order valence-electron chi connectivity index (χ2n) is 3.65. The first-order valence-electron chi connectivity index (χ1n) is 6.32. The van der Waals surface area contributed by atoms with E-state index in [9.17, 15) is 4.79 Å². The molecule has 18 heavy (non-hydrogen) atoms. The highest BCUT2D eigenvalue weighted by Crippen LogP contribution is 1.90. The van der Waals surface area contributed by atoms with Crippen LogP contribution in [0.1, 0.15) is 13.8 Å². The number of rotatable bonds is 11. The van der Waals surface area contributed by atoms with Crippen LogP contribution in [0.25, 0.3) is 0 Å². The third kappa shape index (κ3) is 10.1. The van der Waals surface area contributed by atoms with Crippen LogP contribution in [0.4, 0.5) is 0 Å². The van der Waals surface area contributed by atoms with Crippen molar-refractivity contribution in [2.45, 2.75) is 13.8 Å². The molecule has 0 radical (unpaired) electrons. The largest absolute Gasteiger partial charge is 0.380 e. The Bertz CT molecular complexity index is 241. The molecule has 1 amide bonds. The van der Waals surface area contributed by atoms with Crippen molar-refractivity contribution in [3.8, 4) is 12.3 Å². The number of terminal acetylenes is 1. The number of hydrogen-bond acceptors (Lipinski definition) is 4. The van der Waals surface area contributed by atoms with Crippen LogP contribution in [0.15, 0.2) is 0 Å². The molecule has 0 aromatic heterocycles. The van der Waals surface area contributed by atoms with E-state index in [0.29, 0.717) is 46.1 Å². The lowest BCUT2D eigenvalue weighted by atomic mass is 10.4. The van der Waals surface area contributed by atoms with E-state index in [1.807, 2.05) is 18.7 Å². The number of hydrogen-bond donors (Lipinski definition) is 1. The topological polar surface area (TPSA) is 50.8 Å². The minimum absolute atomic E-state index is 0.0686. The van der Waals surface area contributed by atoms with Gasteiger partial charge in [-0.1, -0.05) is 5.92 Å². The minimum atomic E-state index is -0.0686. The maximum atomic E-state index is 11.5. The minimum Gasteiger partial charge on any atom is -0.380 e. The fourth-order valence-electron chi connectivity index (χ4n) is 1.35. The highest BCUT2D eigenvalue weighted by atomic mass is 16.5. The van der Waals surface area contributed by atoms with Gasteiger partial charge < -0.3 is 14.8 Å². The summed E-state index contributed by atoms with van der Waals surface area (Å²) in [5, 5.41) is 2.65. The third-order valence-electron chi connectivity index (χ3n) is 2.27. The van der Waals surface area contributed by atoms with Gasteiger partial charge in [-0.15, -0.1) is 6.42 Å². The van der Waals surface area contributed by atoms with Crippen molar-refractivity contribution in [3.63, 3.8) is 0 Å². The van der Waals surface area contributed by atoms with E-state index in [1.54, 1.807) is 0 Å². The average molecular weight is 256 g/mol. The summed E-state index contributed by atoms with van der Waals surface area (Å²) in [6.45, 7) is 8.51. The van der Waals surface area contributed by atoms with Gasteiger partial charge in [0.1, 0.15) is 0 Å². The predicted octanol–water partition coefficient (Wildman–Crippen LogP) is 0.111. The molecular formula is C13H24N2O3. The number of nitrogens with one attached hydrogen (secondary N) is 1. The lowest BCUT2D eigenvalue weighted by Gasteiger charge is -2.21. The van der Waals surface area contributed by atoms with Crippen molar-refractivity contribution in [1.29, 1.82) is 0 Å². The van der Waals surface area contributed by atoms with Crippen LogP contribution in [0, 0.1) is 12.3 Å². The Labute approximate surface area is 110 Å². The SMILES string of the molecule is C#CCNC(=O)CN(CCOCC)CCOCC. The highest BCUT2D eigenvalue weighted by Gasteiger charge is 2.09. The molecule has 0 aromatic carbocycles. The zero-order valence-electron chi connectivity index (χ0n) is 11.4. The molecule has 0 aromatic rings. The van der Waals surface area contributed by atoms with Gasteiger partial charge in [0.25, 0.3) is 0 Å². The summed E-state index contributed by atoms with van der Waals surface area (Å²) in [6, 6.07) is 0. The lowest BCUT2D eigenvalue weighted by molar-refractivity contribution is -0.122. The Hall–Kier alpha value is -1.09. The molecule has 5 nitrogen and oxygen atoms in total. The molecule has 0 atom stereocenters. The van der Waals surface area contributed by atoms with Crippen LogP contribution in [-0.4, -0.2) is 63.4 Å². The maximum absolute atomic E-state index is 11.5. The summed E-state index contributed by atoms with van der Waals surface area (Å²) in [6.07, 6.45) is 5.09. The Morgan fingerprint density at radius 3 is 2.22 bits per heavy atom. The van der Waals surface area contributed by atoms with E-state index in [1.165, 1.54) is 0 Å². The smallest absolute Gasteiger partial charge is 0.234 e. The average Bonchev–Trinajstić information content (AvgIpc) is 2.36. The van der Waals surface area contributed by atoms with Gasteiger partial charge in [0.15, 0.2) is 0 Å². The van der Waals surface area contributed by atoms with Crippen LogP contribution in [0.3, 0.4) is 0 Å². The summed E-state index contributed by atoms with van der Waals surface area (Å²) in [5.41, 5.74) is 0. The number of ether oxygens (including phenoxy) is 2. The molecule has 0 rings (SSSR count). The van der Waals surface area contributed by atoms with Crippen molar-refractivity contribution >= 4 is 5.91 Å². The molecule has 0 saturated heterocycles. The van der Waals surface area contributed by atoms with Crippen molar-refractivity contribution < 1.29 is 14.3 Å². The Kier molecular flexibility index (Phi) is 11.6. The maximum Gasteiger partial charge on any atom is 0.234 e. The van der Waals surface area contributed by atoms with Crippen molar-refractivity contribution in [2.75, 3.05) is 52.6 Å². The van der Waals surface area contributed by atoms with Crippen LogP contribution < -0.4 is 5.32 Å². The number of amides is 1. The van der Waals surface area contributed by atoms with Gasteiger partial charge >= 0.3 is 0 Å². The number of nitrogens with zero attached hydrogens (tertiary/aromatic N) is 1. The van der Waals surface area contributed by atoms with Crippen molar-refractivity contribution in [2.24, 2.45) is 0 Å². The Morgan fingerprint density at radius 2 is 1.78 bits per heavy atom. The van der Waals surface area contributed by atoms with Gasteiger partial charge in [-0.2, -0.15) is 0 Å². The predicted molar refractivity (Wildman–Crippen MR) is 71.3 cm³/mol. The first kappa shape index (κ1) is 16.9. The second kappa shape index (κ2) is 12.4. The molecule has 0 fully saturated rings. The first-order chi connectivity index (χ1) is 8.74.